The van der Waals surface area contributed by atoms with Crippen LogP contribution in [-0.2, 0) is 11.6 Å². The minimum Gasteiger partial charge on any atom is -0.478 e. The maximum Gasteiger partial charge on any atom is 0.524 e. The number of pyridine rings is 1. The molecule has 0 atom stereocenters. The molecule has 1 aromatic heterocycles. The van der Waals surface area contributed by atoms with Crippen LogP contribution in [0.2, 0.25) is 0 Å². The van der Waals surface area contributed by atoms with Crippen LogP contribution in [0.3, 0.4) is 0 Å². The Balaban J connectivity index is 1.93. The Hall–Kier alpha value is -3.78. The summed E-state index contributed by atoms with van der Waals surface area (Å²) in [5.41, 5.74) is 2.56. The second-order valence-electron chi connectivity index (χ2n) is 7.85. The quantitative estimate of drug-likeness (QED) is 0.129. The van der Waals surface area contributed by atoms with E-state index in [0.717, 1.165) is 5.52 Å². The topological polar surface area (TPSA) is 134 Å². The number of phosphoric acid groups is 1. The van der Waals surface area contributed by atoms with Gasteiger partial charge in [0, 0.05) is 12.1 Å². The van der Waals surface area contributed by atoms with Gasteiger partial charge in [-0.1, -0.05) is 12.1 Å². The number of aromatic carboxylic acids is 1. The number of carboxylic acid groups (broad SMARTS) is 1. The summed E-state index contributed by atoms with van der Waals surface area (Å²) in [4.78, 5) is 43.3. The summed E-state index contributed by atoms with van der Waals surface area (Å²) in [6.45, 7) is 3.30. The lowest BCUT2D eigenvalue weighted by Gasteiger charge is -2.14. The van der Waals surface area contributed by atoms with Gasteiger partial charge >= 0.3 is 19.8 Å². The van der Waals surface area contributed by atoms with Gasteiger partial charge in [-0.2, -0.15) is 4.57 Å². The molecular weight excluding hydrogens is 461 g/mol. The van der Waals surface area contributed by atoms with Crippen LogP contribution in [-0.4, -0.2) is 26.8 Å². The van der Waals surface area contributed by atoms with E-state index in [4.69, 9.17) is 9.26 Å². The van der Waals surface area contributed by atoms with E-state index in [9.17, 15) is 29.0 Å². The molecule has 0 saturated carbocycles. The second kappa shape index (κ2) is 8.53. The summed E-state index contributed by atoms with van der Waals surface area (Å²) in [5.74, 6) is -1.66. The van der Waals surface area contributed by atoms with Crippen molar-refractivity contribution in [3.8, 4) is 11.5 Å². The van der Waals surface area contributed by atoms with Crippen LogP contribution in [0.1, 0.15) is 31.8 Å². The Morgan fingerprint density at radius 3 is 2.15 bits per heavy atom. The summed E-state index contributed by atoms with van der Waals surface area (Å²) in [7, 11) is -3.01. The number of ether oxygens (including phenoxy) is 1. The normalized spacial score (nSPS) is 11.6. The fraction of sp³-hybridized carbons (Fsp3) is 0.125. The maximum atomic E-state index is 13.5. The molecule has 0 aliphatic carbocycles. The van der Waals surface area contributed by atoms with Gasteiger partial charge in [0.2, 0.25) is 11.0 Å². The van der Waals surface area contributed by atoms with Crippen molar-refractivity contribution in [3.05, 3.63) is 76.9 Å². The zero-order valence-electron chi connectivity index (χ0n) is 18.5. The minimum absolute atomic E-state index is 0.0802. The van der Waals surface area contributed by atoms with E-state index in [-0.39, 0.29) is 22.6 Å². The van der Waals surface area contributed by atoms with E-state index in [2.05, 4.69) is 0 Å². The third-order valence-electron chi connectivity index (χ3n) is 5.46. The van der Waals surface area contributed by atoms with Crippen molar-refractivity contribution >= 4 is 41.6 Å². The molecule has 0 fully saturated rings. The molecule has 0 unspecified atom stereocenters. The van der Waals surface area contributed by atoms with Crippen molar-refractivity contribution in [2.24, 2.45) is 7.05 Å². The number of benzene rings is 3. The lowest BCUT2D eigenvalue weighted by Crippen LogP contribution is -2.31. The highest BCUT2D eigenvalue weighted by molar-refractivity contribution is 7.46. The molecule has 1 heterocycles. The molecule has 0 aliphatic rings. The largest absolute Gasteiger partial charge is 0.524 e. The predicted octanol–water partition coefficient (Wildman–Crippen LogP) is 3.82. The molecule has 9 nitrogen and oxygen atoms in total. The predicted molar refractivity (Wildman–Crippen MR) is 123 cm³/mol. The zero-order valence-corrected chi connectivity index (χ0v) is 19.4. The second-order valence-corrected chi connectivity index (χ2v) is 9.01. The molecule has 0 amide bonds. The van der Waals surface area contributed by atoms with Crippen molar-refractivity contribution in [1.29, 1.82) is 0 Å². The Bertz CT molecular complexity index is 1520. The van der Waals surface area contributed by atoms with Crippen LogP contribution in [0, 0.1) is 13.8 Å². The fourth-order valence-electron chi connectivity index (χ4n) is 4.05. The average molecular weight is 482 g/mol. The number of fused-ring (bicyclic) bond motifs is 2. The standard InChI is InChI=1S/C24H20NO8P/c1-13-10-15(23(26)27)11-14(2)22(13)32-24(28)21-17-6-4-5-7-19(17)25(3)20-9-8-16(12-18(20)21)33-34(29,30)31/h4-12H,1-3H3,(H2-,26,27,29,30,31)/p+1. The van der Waals surface area contributed by atoms with E-state index in [1.807, 2.05) is 23.7 Å². The summed E-state index contributed by atoms with van der Waals surface area (Å²) in [6, 6.07) is 14.4. The smallest absolute Gasteiger partial charge is 0.478 e. The molecule has 0 aliphatic heterocycles. The lowest BCUT2D eigenvalue weighted by molar-refractivity contribution is -0.617. The van der Waals surface area contributed by atoms with Crippen LogP contribution < -0.4 is 13.8 Å². The van der Waals surface area contributed by atoms with Gasteiger partial charge in [-0.25, -0.2) is 14.2 Å². The third-order valence-corrected chi connectivity index (χ3v) is 5.91. The highest BCUT2D eigenvalue weighted by atomic mass is 31.2. The first-order valence-corrected chi connectivity index (χ1v) is 11.7. The van der Waals surface area contributed by atoms with Gasteiger partial charge in [-0.15, -0.1) is 0 Å². The molecule has 10 heteroatoms. The number of hydrogen-bond acceptors (Lipinski definition) is 5. The minimum atomic E-state index is -4.82. The monoisotopic (exact) mass is 482 g/mol. The Morgan fingerprint density at radius 2 is 1.53 bits per heavy atom. The Labute approximate surface area is 194 Å². The average Bonchev–Trinajstić information content (AvgIpc) is 2.75. The molecule has 0 saturated heterocycles. The number of aryl methyl sites for hydroxylation is 3. The van der Waals surface area contributed by atoms with Gasteiger partial charge in [0.25, 0.3) is 0 Å². The number of hydrogen-bond donors (Lipinski definition) is 3. The van der Waals surface area contributed by atoms with Gasteiger partial charge in [0.1, 0.15) is 18.5 Å². The van der Waals surface area contributed by atoms with Crippen LogP contribution >= 0.6 is 7.82 Å². The third kappa shape index (κ3) is 4.36. The summed E-state index contributed by atoms with van der Waals surface area (Å²) >= 11 is 0. The molecule has 34 heavy (non-hydrogen) atoms. The number of nitrogens with zero attached hydrogens (tertiary/aromatic N) is 1. The van der Waals surface area contributed by atoms with Gasteiger partial charge in [-0.3, -0.25) is 9.79 Å². The number of carbonyl (C=O) groups excluding carboxylic acids is 1. The number of phosphoric ester groups is 1. The van der Waals surface area contributed by atoms with Crippen molar-refractivity contribution < 1.29 is 42.9 Å². The van der Waals surface area contributed by atoms with E-state index < -0.39 is 19.8 Å². The molecule has 4 aromatic rings. The lowest BCUT2D eigenvalue weighted by atomic mass is 10.0. The van der Waals surface area contributed by atoms with Gasteiger partial charge in [0.15, 0.2) is 0 Å². The zero-order chi connectivity index (χ0) is 24.8. The molecule has 0 radical (unpaired) electrons. The number of para-hydroxylation sites is 1. The van der Waals surface area contributed by atoms with Crippen LogP contribution in [0.15, 0.2) is 54.6 Å². The molecule has 0 spiro atoms. The van der Waals surface area contributed by atoms with Crippen LogP contribution in [0.25, 0.3) is 21.8 Å². The Kier molecular flexibility index (Phi) is 5.87. The maximum absolute atomic E-state index is 13.5. The fourth-order valence-corrected chi connectivity index (χ4v) is 4.44. The van der Waals surface area contributed by atoms with Crippen molar-refractivity contribution in [2.45, 2.75) is 13.8 Å². The number of carboxylic acids is 1. The van der Waals surface area contributed by atoms with Crippen molar-refractivity contribution in [3.63, 3.8) is 0 Å². The van der Waals surface area contributed by atoms with Gasteiger partial charge < -0.3 is 14.4 Å². The first-order chi connectivity index (χ1) is 16.0. The molecule has 0 bridgehead atoms. The van der Waals surface area contributed by atoms with E-state index in [1.54, 1.807) is 32.0 Å². The first kappa shape index (κ1) is 23.4. The van der Waals surface area contributed by atoms with Crippen LogP contribution in [0.4, 0.5) is 0 Å². The number of aromatic nitrogens is 1. The van der Waals surface area contributed by atoms with E-state index >= 15 is 0 Å². The molecule has 3 aromatic carbocycles. The van der Waals surface area contributed by atoms with E-state index in [1.165, 1.54) is 24.3 Å². The summed E-state index contributed by atoms with van der Waals surface area (Å²) in [6.07, 6.45) is 0. The Morgan fingerprint density at radius 1 is 0.912 bits per heavy atom. The highest BCUT2D eigenvalue weighted by Gasteiger charge is 2.26. The molecule has 174 valence electrons. The van der Waals surface area contributed by atoms with Crippen molar-refractivity contribution in [1.82, 2.24) is 0 Å². The number of carbonyl (C=O) groups is 2. The van der Waals surface area contributed by atoms with Crippen molar-refractivity contribution in [2.75, 3.05) is 0 Å². The summed E-state index contributed by atoms with van der Waals surface area (Å²) < 4.78 is 23.7. The van der Waals surface area contributed by atoms with E-state index in [0.29, 0.717) is 27.4 Å². The van der Waals surface area contributed by atoms with Crippen LogP contribution in [0.5, 0.6) is 11.5 Å². The SMILES string of the molecule is Cc1cc(C(=O)O)cc(C)c1OC(=O)c1c2ccccc2[n+](C)c2ccc(OP(=O)(O)O)cc12. The number of rotatable bonds is 5. The van der Waals surface area contributed by atoms with Gasteiger partial charge in [0.05, 0.1) is 21.9 Å². The first-order valence-electron chi connectivity index (χ1n) is 10.1. The summed E-state index contributed by atoms with van der Waals surface area (Å²) in [5, 5.41) is 10.2. The molecule has 4 rings (SSSR count). The molecule has 3 N–H and O–H groups in total. The highest BCUT2D eigenvalue weighted by Crippen LogP contribution is 2.39. The number of esters is 1. The van der Waals surface area contributed by atoms with Gasteiger partial charge in [-0.05, 0) is 55.3 Å². The molecular formula is C24H21NO8P+.